The maximum atomic E-state index is 14.4. The van der Waals surface area contributed by atoms with Crippen molar-refractivity contribution in [3.8, 4) is 0 Å². The van der Waals surface area contributed by atoms with E-state index in [0.29, 0.717) is 12.0 Å². The molecule has 1 aromatic rings. The highest BCUT2D eigenvalue weighted by molar-refractivity contribution is 5.98. The number of rotatable bonds is 30. The molecule has 492 valence electrons. The molecule has 0 aliphatic carbocycles. The van der Waals surface area contributed by atoms with Crippen LogP contribution in [0.5, 0.6) is 0 Å². The van der Waals surface area contributed by atoms with Crippen LogP contribution in [-0.2, 0) is 63.9 Å². The average Bonchev–Trinajstić information content (AvgIpc) is 3.16. The monoisotopic (exact) mass is 1230 g/mol. The first-order chi connectivity index (χ1) is 41.3. The maximum absolute atomic E-state index is 14.4. The number of ether oxygens (including phenoxy) is 1. The summed E-state index contributed by atoms with van der Waals surface area (Å²) in [7, 11) is 0. The predicted octanol–water partition coefficient (Wildman–Crippen LogP) is -5.48. The number of hydrogen-bond donors (Lipinski definition) is 18. The molecule has 2 rings (SSSR count). The van der Waals surface area contributed by atoms with Gasteiger partial charge in [-0.1, -0.05) is 63.9 Å². The van der Waals surface area contributed by atoms with E-state index in [9.17, 15) is 63.0 Å². The Labute approximate surface area is 509 Å². The lowest BCUT2D eigenvalue weighted by Gasteiger charge is -2.29. The Kier molecular flexibility index (Phi) is 36.1. The van der Waals surface area contributed by atoms with Crippen LogP contribution in [0.4, 0.5) is 0 Å². The predicted molar refractivity (Wildman–Crippen MR) is 322 cm³/mol. The third-order valence-corrected chi connectivity index (χ3v) is 14.1. The van der Waals surface area contributed by atoms with Gasteiger partial charge >= 0.3 is 5.97 Å². The second-order valence-electron chi connectivity index (χ2n) is 22.3. The molecule has 10 amide bonds. The Hall–Kier alpha value is -6.93. The molecule has 1 fully saturated rings. The first-order valence-electron chi connectivity index (χ1n) is 30.2. The molecule has 0 bridgehead atoms. The maximum Gasteiger partial charge on any atom is 0.306 e. The van der Waals surface area contributed by atoms with Crippen molar-refractivity contribution >= 4 is 65.0 Å². The quantitative estimate of drug-likeness (QED) is 0.0320. The van der Waals surface area contributed by atoms with Gasteiger partial charge in [0.2, 0.25) is 59.1 Å². The van der Waals surface area contributed by atoms with Gasteiger partial charge in [0.1, 0.15) is 48.3 Å². The average molecular weight is 1230 g/mol. The molecule has 1 heterocycles. The minimum absolute atomic E-state index is 0.0197. The van der Waals surface area contributed by atoms with Crippen LogP contribution in [0.3, 0.4) is 0 Å². The summed E-state index contributed by atoms with van der Waals surface area (Å²) < 4.78 is 5.35. The number of aliphatic hydroxyl groups is 2. The summed E-state index contributed by atoms with van der Waals surface area (Å²) >= 11 is 0. The van der Waals surface area contributed by atoms with Gasteiger partial charge in [-0.15, -0.1) is 0 Å². The van der Waals surface area contributed by atoms with Crippen molar-refractivity contribution in [2.24, 2.45) is 34.6 Å². The van der Waals surface area contributed by atoms with Crippen LogP contribution >= 0.6 is 0 Å². The van der Waals surface area contributed by atoms with E-state index >= 15 is 0 Å². The van der Waals surface area contributed by atoms with Crippen LogP contribution in [0.1, 0.15) is 124 Å². The number of carbonyl (C=O) groups excluding carboxylic acids is 11. The van der Waals surface area contributed by atoms with E-state index in [2.05, 4.69) is 58.5 Å². The van der Waals surface area contributed by atoms with Crippen LogP contribution in [0.25, 0.3) is 0 Å². The van der Waals surface area contributed by atoms with Crippen LogP contribution in [0.2, 0.25) is 0 Å². The fourth-order valence-electron chi connectivity index (χ4n) is 9.27. The number of esters is 1. The second-order valence-corrected chi connectivity index (χ2v) is 22.3. The molecule has 1 aromatic carbocycles. The number of amides is 10. The highest BCUT2D eigenvalue weighted by Gasteiger charge is 2.37. The Morgan fingerprint density at radius 2 is 1.14 bits per heavy atom. The summed E-state index contributed by atoms with van der Waals surface area (Å²) in [6.07, 6.45) is -2.27. The SMILES string of the molecule is CCCCC(C)OC(=O)CCC(=O)N[C@@H](CCN)C(=O)N[C@H](C(=O)N[C@@H](CCN)C(=O)N[C@H]1CCNC(=O)[C@H](C(C)O)NC(=O)[C@H](CCN)NC(=O)[C@H](CCN)NC(=O)[C@H](CC(C)C)NC(=O)[C@@H](Cc2ccccc2)NC(=O)[C@H](CCN)NC1)C(C)O. The summed E-state index contributed by atoms with van der Waals surface area (Å²) in [5.74, 6) is -9.13. The topological polar surface area (TPSA) is 500 Å². The summed E-state index contributed by atoms with van der Waals surface area (Å²) in [5, 5.41) is 50.8. The Bertz CT molecular complexity index is 2350. The first kappa shape index (κ1) is 76.2. The van der Waals surface area contributed by atoms with Gasteiger partial charge in [-0.3, -0.25) is 52.7 Å². The highest BCUT2D eigenvalue weighted by Crippen LogP contribution is 2.12. The molecule has 0 saturated carbocycles. The minimum Gasteiger partial charge on any atom is -0.463 e. The summed E-state index contributed by atoms with van der Waals surface area (Å²) in [4.78, 5) is 152. The summed E-state index contributed by atoms with van der Waals surface area (Å²) in [6, 6.07) is -4.80. The van der Waals surface area contributed by atoms with Gasteiger partial charge in [0.15, 0.2) is 0 Å². The van der Waals surface area contributed by atoms with Crippen molar-refractivity contribution < 1.29 is 67.7 Å². The largest absolute Gasteiger partial charge is 0.463 e. The van der Waals surface area contributed by atoms with E-state index in [1.807, 2.05) is 20.8 Å². The van der Waals surface area contributed by atoms with Gasteiger partial charge in [-0.25, -0.2) is 0 Å². The molecule has 30 nitrogen and oxygen atoms in total. The fraction of sp³-hybridized carbons (Fsp3) is 0.702. The van der Waals surface area contributed by atoms with Crippen LogP contribution in [0, 0.1) is 5.92 Å². The Morgan fingerprint density at radius 1 is 0.609 bits per heavy atom. The van der Waals surface area contributed by atoms with E-state index < -0.39 is 138 Å². The zero-order chi connectivity index (χ0) is 65.2. The second kappa shape index (κ2) is 41.3. The van der Waals surface area contributed by atoms with E-state index in [1.54, 1.807) is 37.3 Å². The number of aliphatic hydroxyl groups excluding tert-OH is 2. The van der Waals surface area contributed by atoms with Gasteiger partial charge < -0.3 is 102 Å². The molecular formula is C57H100N16O14. The third-order valence-electron chi connectivity index (χ3n) is 14.1. The number of unbranched alkanes of at least 4 members (excludes halogenated alkanes) is 1. The number of carbonyl (C=O) groups is 11. The van der Waals surface area contributed by atoms with Crippen LogP contribution in [-0.4, -0.2) is 200 Å². The van der Waals surface area contributed by atoms with Crippen molar-refractivity contribution in [1.82, 2.24) is 58.5 Å². The van der Waals surface area contributed by atoms with E-state index in [0.717, 1.165) is 12.8 Å². The van der Waals surface area contributed by atoms with Crippen molar-refractivity contribution in [2.75, 3.05) is 45.8 Å². The smallest absolute Gasteiger partial charge is 0.306 e. The highest BCUT2D eigenvalue weighted by atomic mass is 16.5. The third kappa shape index (κ3) is 28.6. The standard InChI is InChI=1S/C57H100N16O14/c1-7-8-12-33(4)87-46(77)16-15-45(76)66-39(18-24-59)52(81)73-48(35(6)75)57(86)69-40(19-25-60)50(79)65-37-22-28-63-56(85)47(34(5)74)72-53(82)42(21-27-62)67-51(80)41(20-26-61)68-54(83)43(29-32(2)3)70-55(84)44(30-36-13-10-9-11-14-36)71-49(78)38(17-23-58)64-31-37/h9-11,13-14,32-35,37-44,47-48,64,74-75H,7-8,12,15-31,58-62H2,1-6H3,(H,63,85)(H,65,79)(H,66,76)(H,67,80)(H,68,83)(H,69,86)(H,70,84)(H,71,78)(H,72,82)(H,73,81)/t33?,34?,35?,37-,38-,39-,40-,41-,42-,43-,44+,47-,48-/m0/s1. The molecule has 0 radical (unpaired) electrons. The molecule has 23 N–H and O–H groups in total. The van der Waals surface area contributed by atoms with Crippen molar-refractivity contribution in [3.63, 3.8) is 0 Å². The minimum atomic E-state index is -1.71. The van der Waals surface area contributed by atoms with Crippen LogP contribution in [0.15, 0.2) is 30.3 Å². The lowest BCUT2D eigenvalue weighted by Crippen LogP contribution is -2.61. The molecule has 3 unspecified atom stereocenters. The van der Waals surface area contributed by atoms with E-state index in [4.69, 9.17) is 33.4 Å². The molecular weight excluding hydrogens is 1130 g/mol. The fourth-order valence-corrected chi connectivity index (χ4v) is 9.27. The normalized spacial score (nSPS) is 22.6. The molecule has 1 aliphatic rings. The van der Waals surface area contributed by atoms with Gasteiger partial charge in [-0.2, -0.15) is 0 Å². The number of hydrogen-bond acceptors (Lipinski definition) is 20. The Morgan fingerprint density at radius 3 is 1.69 bits per heavy atom. The Balaban J connectivity index is 2.60. The van der Waals surface area contributed by atoms with Gasteiger partial charge in [-0.05, 0) is 116 Å². The molecule has 13 atom stereocenters. The molecule has 87 heavy (non-hydrogen) atoms. The first-order valence-corrected chi connectivity index (χ1v) is 30.2. The van der Waals surface area contributed by atoms with Gasteiger partial charge in [0.25, 0.3) is 0 Å². The molecule has 0 spiro atoms. The zero-order valence-electron chi connectivity index (χ0n) is 51.3. The molecule has 1 aliphatic heterocycles. The summed E-state index contributed by atoms with van der Waals surface area (Å²) in [5.41, 5.74) is 30.1. The van der Waals surface area contributed by atoms with E-state index in [1.165, 1.54) is 13.8 Å². The number of nitrogens with one attached hydrogen (secondary N) is 11. The lowest BCUT2D eigenvalue weighted by atomic mass is 10.00. The van der Waals surface area contributed by atoms with Crippen molar-refractivity contribution in [3.05, 3.63) is 35.9 Å². The molecule has 0 aromatic heterocycles. The van der Waals surface area contributed by atoms with Crippen LogP contribution < -0.4 is 87.2 Å². The van der Waals surface area contributed by atoms with E-state index in [-0.39, 0.29) is 122 Å². The van der Waals surface area contributed by atoms with Crippen molar-refractivity contribution in [1.29, 1.82) is 0 Å². The number of benzene rings is 1. The lowest BCUT2D eigenvalue weighted by molar-refractivity contribution is -0.149. The number of nitrogens with two attached hydrogens (primary N) is 5. The van der Waals surface area contributed by atoms with Gasteiger partial charge in [0, 0.05) is 32.0 Å². The van der Waals surface area contributed by atoms with Gasteiger partial charge in [0.05, 0.1) is 30.8 Å². The summed E-state index contributed by atoms with van der Waals surface area (Å²) in [6.45, 7) is 8.78. The molecule has 1 saturated heterocycles. The van der Waals surface area contributed by atoms with Crippen molar-refractivity contribution in [2.45, 2.75) is 204 Å². The zero-order valence-corrected chi connectivity index (χ0v) is 51.3. The molecule has 30 heteroatoms.